The Morgan fingerprint density at radius 1 is 1.30 bits per heavy atom. The Bertz CT molecular complexity index is 787. The number of carbonyl (C=O) groups excluding carboxylic acids is 2. The van der Waals surface area contributed by atoms with Gasteiger partial charge in [-0.1, -0.05) is 18.2 Å². The maximum Gasteiger partial charge on any atom is 0.322 e. The van der Waals surface area contributed by atoms with E-state index in [1.54, 1.807) is 10.8 Å². The molecule has 120 valence electrons. The molecule has 1 atom stereocenters. The van der Waals surface area contributed by atoms with E-state index >= 15 is 0 Å². The van der Waals surface area contributed by atoms with Gasteiger partial charge in [-0.3, -0.25) is 14.2 Å². The van der Waals surface area contributed by atoms with Crippen molar-refractivity contribution in [1.29, 1.82) is 0 Å². The number of esters is 1. The number of methoxy groups -OCH3 is 1. The molecule has 23 heavy (non-hydrogen) atoms. The molecule has 0 amide bonds. The Labute approximate surface area is 134 Å². The first kappa shape index (κ1) is 15.3. The molecule has 5 nitrogen and oxygen atoms in total. The van der Waals surface area contributed by atoms with E-state index in [1.165, 1.54) is 13.4 Å². The summed E-state index contributed by atoms with van der Waals surface area (Å²) in [5.41, 5.74) is 2.45. The molecule has 0 saturated heterocycles. The van der Waals surface area contributed by atoms with Crippen LogP contribution in [0, 0.1) is 12.8 Å². The first-order chi connectivity index (χ1) is 11.1. The van der Waals surface area contributed by atoms with Gasteiger partial charge in [0.05, 0.1) is 25.5 Å². The van der Waals surface area contributed by atoms with Gasteiger partial charge in [-0.25, -0.2) is 0 Å². The molecule has 5 heteroatoms. The van der Waals surface area contributed by atoms with Crippen LogP contribution in [0.25, 0.3) is 10.9 Å². The number of para-hydroxylation sites is 1. The molecule has 2 heterocycles. The predicted molar refractivity (Wildman–Crippen MR) is 86.1 cm³/mol. The molecule has 0 fully saturated rings. The fourth-order valence-corrected chi connectivity index (χ4v) is 3.00. The van der Waals surface area contributed by atoms with Crippen molar-refractivity contribution in [1.82, 2.24) is 4.57 Å². The molecule has 0 spiro atoms. The Balaban J connectivity index is 2.06. The van der Waals surface area contributed by atoms with Gasteiger partial charge < -0.3 is 9.47 Å². The Morgan fingerprint density at radius 3 is 2.78 bits per heavy atom. The van der Waals surface area contributed by atoms with Gasteiger partial charge in [0.2, 0.25) is 5.91 Å². The lowest BCUT2D eigenvalue weighted by atomic mass is 9.94. The summed E-state index contributed by atoms with van der Waals surface area (Å²) in [7, 11) is 1.30. The number of aromatic nitrogens is 1. The molecular weight excluding hydrogens is 294 g/mol. The summed E-state index contributed by atoms with van der Waals surface area (Å²) in [5, 5.41) is 0.998. The monoisotopic (exact) mass is 313 g/mol. The number of rotatable bonds is 3. The average molecular weight is 313 g/mol. The molecule has 1 aliphatic heterocycles. The minimum atomic E-state index is -0.962. The molecule has 1 aromatic heterocycles. The van der Waals surface area contributed by atoms with Crippen molar-refractivity contribution < 1.29 is 19.1 Å². The first-order valence-electron chi connectivity index (χ1n) is 7.62. The lowest BCUT2D eigenvalue weighted by molar-refractivity contribution is -0.142. The second-order valence-electron chi connectivity index (χ2n) is 5.66. The van der Waals surface area contributed by atoms with E-state index in [-0.39, 0.29) is 5.91 Å². The number of carbonyl (C=O) groups is 2. The van der Waals surface area contributed by atoms with Crippen molar-refractivity contribution in [3.8, 4) is 0 Å². The van der Waals surface area contributed by atoms with Gasteiger partial charge in [-0.05, 0) is 37.0 Å². The summed E-state index contributed by atoms with van der Waals surface area (Å²) >= 11 is 0. The second kappa shape index (κ2) is 6.28. The highest BCUT2D eigenvalue weighted by molar-refractivity contribution is 6.06. The zero-order chi connectivity index (χ0) is 16.4. The van der Waals surface area contributed by atoms with E-state index in [0.717, 1.165) is 22.9 Å². The number of fused-ring (bicyclic) bond motifs is 1. The molecule has 3 rings (SSSR count). The summed E-state index contributed by atoms with van der Waals surface area (Å²) in [4.78, 5) is 25.3. The predicted octanol–water partition coefficient (Wildman–Crippen LogP) is 3.07. The summed E-state index contributed by atoms with van der Waals surface area (Å²) in [6.07, 6.45) is 4.75. The number of ether oxygens (including phenoxy) is 2. The summed E-state index contributed by atoms with van der Waals surface area (Å²) in [5.74, 6) is -1.82. The van der Waals surface area contributed by atoms with Gasteiger partial charge in [0, 0.05) is 11.6 Å². The smallest absolute Gasteiger partial charge is 0.322 e. The normalized spacial score (nSPS) is 15.7. The molecule has 1 aromatic carbocycles. The highest BCUT2D eigenvalue weighted by Gasteiger charge is 2.34. The highest BCUT2D eigenvalue weighted by Crippen LogP contribution is 2.27. The van der Waals surface area contributed by atoms with Crippen LogP contribution < -0.4 is 0 Å². The largest absolute Gasteiger partial charge is 0.501 e. The Morgan fingerprint density at radius 2 is 2.09 bits per heavy atom. The minimum Gasteiger partial charge on any atom is -0.501 e. The molecular formula is C18H19NO4. The lowest BCUT2D eigenvalue weighted by Crippen LogP contribution is -2.32. The third-order valence-electron chi connectivity index (χ3n) is 4.17. The van der Waals surface area contributed by atoms with Crippen LogP contribution in [0.4, 0.5) is 0 Å². The van der Waals surface area contributed by atoms with Crippen molar-refractivity contribution in [3.05, 3.63) is 47.9 Å². The third kappa shape index (κ3) is 2.74. The van der Waals surface area contributed by atoms with Crippen molar-refractivity contribution in [2.75, 3.05) is 13.7 Å². The Kier molecular flexibility index (Phi) is 4.19. The van der Waals surface area contributed by atoms with Gasteiger partial charge in [-0.15, -0.1) is 0 Å². The maximum atomic E-state index is 13.0. The van der Waals surface area contributed by atoms with Crippen molar-refractivity contribution >= 4 is 22.8 Å². The third-order valence-corrected chi connectivity index (χ3v) is 4.17. The first-order valence-corrected chi connectivity index (χ1v) is 7.62. The van der Waals surface area contributed by atoms with E-state index in [1.807, 2.05) is 31.2 Å². The van der Waals surface area contributed by atoms with E-state index in [0.29, 0.717) is 18.6 Å². The van der Waals surface area contributed by atoms with Crippen molar-refractivity contribution in [3.63, 3.8) is 0 Å². The number of nitrogens with zero attached hydrogens (tertiary/aromatic N) is 1. The average Bonchev–Trinajstić information content (AvgIpc) is 2.93. The number of hydrogen-bond acceptors (Lipinski definition) is 4. The van der Waals surface area contributed by atoms with Crippen LogP contribution in [0.5, 0.6) is 0 Å². The van der Waals surface area contributed by atoms with Crippen LogP contribution in [-0.2, 0) is 14.3 Å². The zero-order valence-electron chi connectivity index (χ0n) is 13.2. The van der Waals surface area contributed by atoms with Crippen LogP contribution in [-0.4, -0.2) is 30.2 Å². The number of aryl methyl sites for hydroxylation is 1. The topological polar surface area (TPSA) is 57.5 Å². The van der Waals surface area contributed by atoms with Crippen molar-refractivity contribution in [2.45, 2.75) is 19.8 Å². The van der Waals surface area contributed by atoms with Gasteiger partial charge in [0.25, 0.3) is 0 Å². The lowest BCUT2D eigenvalue weighted by Gasteiger charge is -2.21. The van der Waals surface area contributed by atoms with Gasteiger partial charge >= 0.3 is 5.97 Å². The van der Waals surface area contributed by atoms with Gasteiger partial charge in [0.1, 0.15) is 0 Å². The van der Waals surface area contributed by atoms with Gasteiger partial charge in [-0.2, -0.15) is 0 Å². The molecule has 1 aliphatic rings. The van der Waals surface area contributed by atoms with Crippen LogP contribution in [0.15, 0.2) is 42.3 Å². The van der Waals surface area contributed by atoms with Crippen LogP contribution in [0.1, 0.15) is 23.2 Å². The van der Waals surface area contributed by atoms with E-state index in [9.17, 15) is 9.59 Å². The maximum absolute atomic E-state index is 13.0. The fourth-order valence-electron chi connectivity index (χ4n) is 3.00. The van der Waals surface area contributed by atoms with E-state index in [2.05, 4.69) is 0 Å². The molecule has 0 bridgehead atoms. The SMILES string of the molecule is COC(=O)C(C(=O)n1cc(C)c2ccccc21)C1=COCCC1. The second-order valence-corrected chi connectivity index (χ2v) is 5.66. The van der Waals surface area contributed by atoms with Crippen LogP contribution >= 0.6 is 0 Å². The molecule has 0 aliphatic carbocycles. The highest BCUT2D eigenvalue weighted by atomic mass is 16.5. The standard InChI is InChI=1S/C18H19NO4/c1-12-10-19(15-8-4-3-7-14(12)15)17(20)16(18(21)22-2)13-6-5-9-23-11-13/h3-4,7-8,10-11,16H,5-6,9H2,1-2H3. The number of hydrogen-bond donors (Lipinski definition) is 0. The Hall–Kier alpha value is -2.56. The molecule has 2 aromatic rings. The van der Waals surface area contributed by atoms with Crippen LogP contribution in [0.3, 0.4) is 0 Å². The molecule has 0 N–H and O–H groups in total. The quantitative estimate of drug-likeness (QED) is 0.645. The van der Waals surface area contributed by atoms with Gasteiger partial charge in [0.15, 0.2) is 5.92 Å². The van der Waals surface area contributed by atoms with E-state index in [4.69, 9.17) is 9.47 Å². The zero-order valence-corrected chi connectivity index (χ0v) is 13.2. The summed E-state index contributed by atoms with van der Waals surface area (Å²) in [6.45, 7) is 2.55. The van der Waals surface area contributed by atoms with Crippen molar-refractivity contribution in [2.24, 2.45) is 5.92 Å². The minimum absolute atomic E-state index is 0.307. The number of benzene rings is 1. The molecule has 0 radical (unpaired) electrons. The molecule has 0 saturated carbocycles. The summed E-state index contributed by atoms with van der Waals surface area (Å²) < 4.78 is 11.7. The van der Waals surface area contributed by atoms with E-state index < -0.39 is 11.9 Å². The fraction of sp³-hybridized carbons (Fsp3) is 0.333. The summed E-state index contributed by atoms with van der Waals surface area (Å²) in [6, 6.07) is 7.64. The van der Waals surface area contributed by atoms with Crippen LogP contribution in [0.2, 0.25) is 0 Å². The molecule has 1 unspecified atom stereocenters.